The van der Waals surface area contributed by atoms with Crippen LogP contribution in [0, 0.1) is 5.92 Å². The van der Waals surface area contributed by atoms with Crippen LogP contribution in [0.5, 0.6) is 0 Å². The lowest BCUT2D eigenvalue weighted by molar-refractivity contribution is -0.137. The number of amides is 2. The maximum atomic E-state index is 11.5. The highest BCUT2D eigenvalue weighted by Crippen LogP contribution is 2.03. The van der Waals surface area contributed by atoms with Crippen LogP contribution in [0.25, 0.3) is 0 Å². The van der Waals surface area contributed by atoms with Gasteiger partial charge in [-0.05, 0) is 46.2 Å². The minimum atomic E-state index is -0.796. The first kappa shape index (κ1) is 18.7. The predicted molar refractivity (Wildman–Crippen MR) is 79.8 cm³/mol. The first-order valence-corrected chi connectivity index (χ1v) is 7.26. The van der Waals surface area contributed by atoms with Gasteiger partial charge in [-0.2, -0.15) is 0 Å². The number of carbonyl (C=O) groups excluding carboxylic acids is 1. The summed E-state index contributed by atoms with van der Waals surface area (Å²) in [5, 5.41) is 14.1. The van der Waals surface area contributed by atoms with E-state index >= 15 is 0 Å². The van der Waals surface area contributed by atoms with Gasteiger partial charge in [-0.1, -0.05) is 6.92 Å². The van der Waals surface area contributed by atoms with E-state index in [1.807, 2.05) is 6.92 Å². The summed E-state index contributed by atoms with van der Waals surface area (Å²) < 4.78 is 0. The number of nitrogens with one attached hydrogen (secondary N) is 2. The highest BCUT2D eigenvalue weighted by atomic mass is 16.4. The van der Waals surface area contributed by atoms with Gasteiger partial charge in [0.15, 0.2) is 0 Å². The second kappa shape index (κ2) is 10.5. The summed E-state index contributed by atoms with van der Waals surface area (Å²) in [5.74, 6) is -0.625. The topological polar surface area (TPSA) is 81.7 Å². The Morgan fingerprint density at radius 2 is 1.85 bits per heavy atom. The third-order valence-electron chi connectivity index (χ3n) is 3.32. The summed E-state index contributed by atoms with van der Waals surface area (Å²) in [4.78, 5) is 24.2. The molecule has 0 saturated carbocycles. The van der Waals surface area contributed by atoms with Gasteiger partial charge in [0.25, 0.3) is 0 Å². The third-order valence-corrected chi connectivity index (χ3v) is 3.32. The van der Waals surface area contributed by atoms with Crippen LogP contribution in [0.1, 0.15) is 40.0 Å². The summed E-state index contributed by atoms with van der Waals surface area (Å²) in [7, 11) is 2.06. The summed E-state index contributed by atoms with van der Waals surface area (Å²) in [5.41, 5.74) is 0. The van der Waals surface area contributed by atoms with E-state index in [1.54, 1.807) is 0 Å². The van der Waals surface area contributed by atoms with Crippen LogP contribution < -0.4 is 10.6 Å². The maximum Gasteiger partial charge on any atom is 0.314 e. The van der Waals surface area contributed by atoms with Crippen molar-refractivity contribution in [1.29, 1.82) is 0 Å². The van der Waals surface area contributed by atoms with Gasteiger partial charge in [-0.15, -0.1) is 0 Å². The molecule has 0 fully saturated rings. The first-order valence-electron chi connectivity index (χ1n) is 7.26. The molecule has 0 bridgehead atoms. The van der Waals surface area contributed by atoms with Gasteiger partial charge in [0, 0.05) is 25.6 Å². The van der Waals surface area contributed by atoms with E-state index in [2.05, 4.69) is 36.4 Å². The lowest BCUT2D eigenvalue weighted by Gasteiger charge is -2.20. The second-order valence-electron chi connectivity index (χ2n) is 5.60. The van der Waals surface area contributed by atoms with Crippen molar-refractivity contribution in [2.75, 3.05) is 26.7 Å². The van der Waals surface area contributed by atoms with Crippen molar-refractivity contribution in [1.82, 2.24) is 15.5 Å². The molecule has 0 radical (unpaired) electrons. The zero-order valence-corrected chi connectivity index (χ0v) is 13.1. The molecule has 3 N–H and O–H groups in total. The molecular formula is C14H29N3O3. The van der Waals surface area contributed by atoms with Gasteiger partial charge in [0.05, 0.1) is 0 Å². The average molecular weight is 287 g/mol. The van der Waals surface area contributed by atoms with E-state index in [1.165, 1.54) is 0 Å². The molecule has 118 valence electrons. The lowest BCUT2D eigenvalue weighted by atomic mass is 10.1. The van der Waals surface area contributed by atoms with Crippen molar-refractivity contribution in [2.24, 2.45) is 5.92 Å². The highest BCUT2D eigenvalue weighted by molar-refractivity contribution is 5.73. The third kappa shape index (κ3) is 10.6. The van der Waals surface area contributed by atoms with Gasteiger partial charge in [0.2, 0.25) is 0 Å². The Balaban J connectivity index is 3.56. The molecule has 0 aromatic carbocycles. The minimum absolute atomic E-state index is 0.145. The molecule has 0 aliphatic heterocycles. The Labute approximate surface area is 121 Å². The largest absolute Gasteiger partial charge is 0.481 e. The van der Waals surface area contributed by atoms with E-state index in [0.29, 0.717) is 25.6 Å². The second-order valence-corrected chi connectivity index (χ2v) is 5.60. The fourth-order valence-corrected chi connectivity index (χ4v) is 1.59. The molecule has 0 aliphatic carbocycles. The molecule has 0 aromatic heterocycles. The Kier molecular flexibility index (Phi) is 9.80. The molecule has 2 amide bonds. The van der Waals surface area contributed by atoms with Crippen molar-refractivity contribution < 1.29 is 14.7 Å². The van der Waals surface area contributed by atoms with Crippen molar-refractivity contribution in [3.63, 3.8) is 0 Å². The van der Waals surface area contributed by atoms with Gasteiger partial charge in [-0.25, -0.2) is 4.79 Å². The average Bonchev–Trinajstić information content (AvgIpc) is 2.38. The Hall–Kier alpha value is -1.30. The minimum Gasteiger partial charge on any atom is -0.481 e. The van der Waals surface area contributed by atoms with E-state index < -0.39 is 5.97 Å². The van der Waals surface area contributed by atoms with E-state index in [0.717, 1.165) is 13.0 Å². The molecule has 0 heterocycles. The molecule has 1 unspecified atom stereocenters. The first-order chi connectivity index (χ1) is 9.32. The zero-order chi connectivity index (χ0) is 15.5. The SMILES string of the molecule is CC(CCC(=O)O)CNC(=O)NCCCN(C)C(C)C. The Morgan fingerprint density at radius 3 is 2.40 bits per heavy atom. The summed E-state index contributed by atoms with van der Waals surface area (Å²) in [6.07, 6.45) is 1.64. The molecule has 1 atom stereocenters. The number of nitrogens with zero attached hydrogens (tertiary/aromatic N) is 1. The molecule has 0 rings (SSSR count). The van der Waals surface area contributed by atoms with Crippen molar-refractivity contribution in [2.45, 2.75) is 46.1 Å². The van der Waals surface area contributed by atoms with Gasteiger partial charge in [-0.3, -0.25) is 4.79 Å². The van der Waals surface area contributed by atoms with Crippen molar-refractivity contribution >= 4 is 12.0 Å². The normalized spacial score (nSPS) is 12.5. The van der Waals surface area contributed by atoms with Gasteiger partial charge >= 0.3 is 12.0 Å². The highest BCUT2D eigenvalue weighted by Gasteiger charge is 2.07. The molecule has 0 saturated heterocycles. The number of hydrogen-bond donors (Lipinski definition) is 3. The summed E-state index contributed by atoms with van der Waals surface area (Å²) in [6, 6.07) is 0.332. The molecule has 0 aliphatic rings. The number of carbonyl (C=O) groups is 2. The van der Waals surface area contributed by atoms with Crippen LogP contribution in [0.15, 0.2) is 0 Å². The van der Waals surface area contributed by atoms with E-state index in [-0.39, 0.29) is 18.4 Å². The predicted octanol–water partition coefficient (Wildman–Crippen LogP) is 1.52. The Bertz CT molecular complexity index is 295. The molecule has 0 spiro atoms. The van der Waals surface area contributed by atoms with E-state index in [4.69, 9.17) is 5.11 Å². The monoisotopic (exact) mass is 287 g/mol. The van der Waals surface area contributed by atoms with Crippen LogP contribution in [0.4, 0.5) is 4.79 Å². The number of carboxylic acid groups (broad SMARTS) is 1. The van der Waals surface area contributed by atoms with Gasteiger partial charge < -0.3 is 20.6 Å². The fourth-order valence-electron chi connectivity index (χ4n) is 1.59. The Morgan fingerprint density at radius 1 is 1.20 bits per heavy atom. The standard InChI is InChI=1S/C14H29N3O3/c1-11(2)17(4)9-5-8-15-14(20)16-10-12(3)6-7-13(18)19/h11-12H,5-10H2,1-4H3,(H,18,19)(H2,15,16,20). The van der Waals surface area contributed by atoms with Crippen LogP contribution in [-0.4, -0.2) is 54.7 Å². The van der Waals surface area contributed by atoms with Crippen LogP contribution in [0.2, 0.25) is 0 Å². The number of carboxylic acids is 1. The van der Waals surface area contributed by atoms with Gasteiger partial charge in [0.1, 0.15) is 0 Å². The zero-order valence-electron chi connectivity index (χ0n) is 13.1. The summed E-state index contributed by atoms with van der Waals surface area (Å²) in [6.45, 7) is 8.31. The van der Waals surface area contributed by atoms with E-state index in [9.17, 15) is 9.59 Å². The smallest absolute Gasteiger partial charge is 0.314 e. The number of rotatable bonds is 10. The van der Waals surface area contributed by atoms with Crippen LogP contribution in [-0.2, 0) is 4.79 Å². The number of aliphatic carboxylic acids is 1. The molecule has 0 aromatic rings. The van der Waals surface area contributed by atoms with Crippen LogP contribution >= 0.6 is 0 Å². The summed E-state index contributed by atoms with van der Waals surface area (Å²) >= 11 is 0. The molecule has 20 heavy (non-hydrogen) atoms. The maximum absolute atomic E-state index is 11.5. The fraction of sp³-hybridized carbons (Fsp3) is 0.857. The number of hydrogen-bond acceptors (Lipinski definition) is 3. The number of urea groups is 1. The molecule has 6 nitrogen and oxygen atoms in total. The van der Waals surface area contributed by atoms with Crippen molar-refractivity contribution in [3.8, 4) is 0 Å². The van der Waals surface area contributed by atoms with Crippen molar-refractivity contribution in [3.05, 3.63) is 0 Å². The lowest BCUT2D eigenvalue weighted by Crippen LogP contribution is -2.39. The molecular weight excluding hydrogens is 258 g/mol. The molecule has 6 heteroatoms. The quantitative estimate of drug-likeness (QED) is 0.532. The van der Waals surface area contributed by atoms with Crippen LogP contribution in [0.3, 0.4) is 0 Å².